The second kappa shape index (κ2) is 4.05. The minimum absolute atomic E-state index is 0.382. The van der Waals surface area contributed by atoms with Crippen LogP contribution in [0.5, 0.6) is 0 Å². The zero-order valence-corrected chi connectivity index (χ0v) is 7.79. The van der Waals surface area contributed by atoms with E-state index in [0.717, 1.165) is 11.1 Å². The Bertz CT molecular complexity index is 321. The van der Waals surface area contributed by atoms with Crippen LogP contribution in [0.1, 0.15) is 21.5 Å². The fourth-order valence-electron chi connectivity index (χ4n) is 1.21. The normalized spacial score (nSPS) is 10.0. The Labute approximate surface area is 77.4 Å². The Hall–Kier alpha value is -1.35. The number of rotatable bonds is 3. The summed E-state index contributed by atoms with van der Waals surface area (Å²) in [5.74, 6) is -0.865. The van der Waals surface area contributed by atoms with Gasteiger partial charge in [0.05, 0.1) is 5.56 Å². The third kappa shape index (κ3) is 2.29. The molecule has 0 aliphatic heterocycles. The lowest BCUT2D eigenvalue weighted by Crippen LogP contribution is -2.07. The first-order valence-electron chi connectivity index (χ1n) is 4.12. The van der Waals surface area contributed by atoms with Crippen molar-refractivity contribution in [2.75, 3.05) is 7.05 Å². The molecule has 0 unspecified atom stereocenters. The molecule has 2 N–H and O–H groups in total. The van der Waals surface area contributed by atoms with Gasteiger partial charge in [0.1, 0.15) is 0 Å². The average Bonchev–Trinajstić information content (AvgIpc) is 2.08. The van der Waals surface area contributed by atoms with Crippen LogP contribution in [-0.2, 0) is 6.54 Å². The third-order valence-electron chi connectivity index (χ3n) is 1.91. The van der Waals surface area contributed by atoms with E-state index >= 15 is 0 Å². The summed E-state index contributed by atoms with van der Waals surface area (Å²) in [4.78, 5) is 10.8. The zero-order valence-electron chi connectivity index (χ0n) is 7.79. The summed E-state index contributed by atoms with van der Waals surface area (Å²) in [6.07, 6.45) is 0. The summed E-state index contributed by atoms with van der Waals surface area (Å²) in [5.41, 5.74) is 2.17. The highest BCUT2D eigenvalue weighted by atomic mass is 16.4. The van der Waals surface area contributed by atoms with E-state index in [9.17, 15) is 4.79 Å². The van der Waals surface area contributed by atoms with Crippen molar-refractivity contribution in [2.45, 2.75) is 13.5 Å². The van der Waals surface area contributed by atoms with Crippen molar-refractivity contribution in [1.82, 2.24) is 5.32 Å². The molecular weight excluding hydrogens is 166 g/mol. The molecule has 0 saturated heterocycles. The van der Waals surface area contributed by atoms with E-state index in [4.69, 9.17) is 5.11 Å². The van der Waals surface area contributed by atoms with Gasteiger partial charge in [-0.1, -0.05) is 12.1 Å². The van der Waals surface area contributed by atoms with Gasteiger partial charge in [0.25, 0.3) is 0 Å². The highest BCUT2D eigenvalue weighted by Crippen LogP contribution is 2.10. The van der Waals surface area contributed by atoms with Crippen LogP contribution in [0.2, 0.25) is 0 Å². The predicted molar refractivity (Wildman–Crippen MR) is 50.9 cm³/mol. The number of aromatic carboxylic acids is 1. The molecule has 0 amide bonds. The van der Waals surface area contributed by atoms with Gasteiger partial charge in [-0.25, -0.2) is 4.79 Å². The van der Waals surface area contributed by atoms with Crippen LogP contribution in [0.3, 0.4) is 0 Å². The maximum Gasteiger partial charge on any atom is 0.335 e. The van der Waals surface area contributed by atoms with Crippen molar-refractivity contribution in [3.05, 3.63) is 34.9 Å². The van der Waals surface area contributed by atoms with Crippen molar-refractivity contribution in [3.8, 4) is 0 Å². The topological polar surface area (TPSA) is 49.3 Å². The Morgan fingerprint density at radius 1 is 1.54 bits per heavy atom. The minimum atomic E-state index is -0.865. The molecule has 0 aliphatic carbocycles. The zero-order chi connectivity index (χ0) is 9.84. The standard InChI is InChI=1S/C10H13NO2/c1-7-3-4-8(6-11-2)5-9(7)10(12)13/h3-5,11H,6H2,1-2H3,(H,12,13). The van der Waals surface area contributed by atoms with Crippen LogP contribution in [-0.4, -0.2) is 18.1 Å². The average molecular weight is 179 g/mol. The van der Waals surface area contributed by atoms with Gasteiger partial charge >= 0.3 is 5.97 Å². The molecule has 3 heteroatoms. The number of carboxylic acids is 1. The Morgan fingerprint density at radius 2 is 2.23 bits per heavy atom. The summed E-state index contributed by atoms with van der Waals surface area (Å²) in [5, 5.41) is 11.8. The molecule has 0 aromatic heterocycles. The van der Waals surface area contributed by atoms with Crippen LogP contribution in [0, 0.1) is 6.92 Å². The first kappa shape index (κ1) is 9.74. The summed E-state index contributed by atoms with van der Waals surface area (Å²) >= 11 is 0. The maximum atomic E-state index is 10.8. The SMILES string of the molecule is CNCc1ccc(C)c(C(=O)O)c1. The molecule has 1 aromatic rings. The summed E-state index contributed by atoms with van der Waals surface area (Å²) in [7, 11) is 1.83. The smallest absolute Gasteiger partial charge is 0.335 e. The van der Waals surface area contributed by atoms with Gasteiger partial charge in [-0.3, -0.25) is 0 Å². The third-order valence-corrected chi connectivity index (χ3v) is 1.91. The van der Waals surface area contributed by atoms with E-state index in [0.29, 0.717) is 12.1 Å². The van der Waals surface area contributed by atoms with Crippen molar-refractivity contribution < 1.29 is 9.90 Å². The van der Waals surface area contributed by atoms with Crippen LogP contribution >= 0.6 is 0 Å². The van der Waals surface area contributed by atoms with Gasteiger partial charge in [-0.05, 0) is 31.2 Å². The van der Waals surface area contributed by atoms with Crippen LogP contribution < -0.4 is 5.32 Å². The van der Waals surface area contributed by atoms with Gasteiger partial charge in [0, 0.05) is 6.54 Å². The van der Waals surface area contributed by atoms with Crippen LogP contribution in [0.15, 0.2) is 18.2 Å². The lowest BCUT2D eigenvalue weighted by molar-refractivity contribution is 0.0696. The molecule has 0 fully saturated rings. The number of carboxylic acid groups (broad SMARTS) is 1. The molecular formula is C10H13NO2. The fraction of sp³-hybridized carbons (Fsp3) is 0.300. The van der Waals surface area contributed by atoms with Gasteiger partial charge in [0.2, 0.25) is 0 Å². The molecule has 0 aliphatic rings. The second-order valence-corrected chi connectivity index (χ2v) is 2.98. The van der Waals surface area contributed by atoms with Crippen LogP contribution in [0.4, 0.5) is 0 Å². The molecule has 1 rings (SSSR count). The Kier molecular flexibility index (Phi) is 3.03. The number of hydrogen-bond acceptors (Lipinski definition) is 2. The van der Waals surface area contributed by atoms with Gasteiger partial charge in [-0.15, -0.1) is 0 Å². The van der Waals surface area contributed by atoms with Gasteiger partial charge < -0.3 is 10.4 Å². The number of carbonyl (C=O) groups is 1. The fourth-order valence-corrected chi connectivity index (χ4v) is 1.21. The van der Waals surface area contributed by atoms with Crippen LogP contribution in [0.25, 0.3) is 0 Å². The second-order valence-electron chi connectivity index (χ2n) is 2.98. The van der Waals surface area contributed by atoms with E-state index in [1.54, 1.807) is 13.0 Å². The number of nitrogens with one attached hydrogen (secondary N) is 1. The lowest BCUT2D eigenvalue weighted by atomic mass is 10.1. The molecule has 0 atom stereocenters. The first-order chi connectivity index (χ1) is 6.15. The van der Waals surface area contributed by atoms with Crippen molar-refractivity contribution >= 4 is 5.97 Å². The van der Waals surface area contributed by atoms with E-state index in [1.165, 1.54) is 0 Å². The highest BCUT2D eigenvalue weighted by molar-refractivity contribution is 5.89. The highest BCUT2D eigenvalue weighted by Gasteiger charge is 2.06. The van der Waals surface area contributed by atoms with Crippen molar-refractivity contribution in [1.29, 1.82) is 0 Å². The van der Waals surface area contributed by atoms with Gasteiger partial charge in [-0.2, -0.15) is 0 Å². The molecule has 3 nitrogen and oxygen atoms in total. The maximum absolute atomic E-state index is 10.8. The molecule has 0 spiro atoms. The molecule has 70 valence electrons. The van der Waals surface area contributed by atoms with Gasteiger partial charge in [0.15, 0.2) is 0 Å². The predicted octanol–water partition coefficient (Wildman–Crippen LogP) is 1.41. The van der Waals surface area contributed by atoms with E-state index < -0.39 is 5.97 Å². The van der Waals surface area contributed by atoms with E-state index in [-0.39, 0.29) is 0 Å². The minimum Gasteiger partial charge on any atom is -0.478 e. The number of aryl methyl sites for hydroxylation is 1. The van der Waals surface area contributed by atoms with E-state index in [2.05, 4.69) is 5.32 Å². The summed E-state index contributed by atoms with van der Waals surface area (Å²) < 4.78 is 0. The van der Waals surface area contributed by atoms with Crippen molar-refractivity contribution in [2.24, 2.45) is 0 Å². The quantitative estimate of drug-likeness (QED) is 0.737. The molecule has 0 bridgehead atoms. The number of benzene rings is 1. The summed E-state index contributed by atoms with van der Waals surface area (Å²) in [6.45, 7) is 2.49. The Balaban J connectivity index is 3.04. The monoisotopic (exact) mass is 179 g/mol. The molecule has 0 radical (unpaired) electrons. The first-order valence-corrected chi connectivity index (χ1v) is 4.12. The molecule has 1 aromatic carbocycles. The van der Waals surface area contributed by atoms with Crippen molar-refractivity contribution in [3.63, 3.8) is 0 Å². The largest absolute Gasteiger partial charge is 0.478 e. The Morgan fingerprint density at radius 3 is 2.77 bits per heavy atom. The molecule has 0 saturated carbocycles. The summed E-state index contributed by atoms with van der Waals surface area (Å²) in [6, 6.07) is 5.46. The lowest BCUT2D eigenvalue weighted by Gasteiger charge is -2.04. The molecule has 0 heterocycles. The number of hydrogen-bond donors (Lipinski definition) is 2. The van der Waals surface area contributed by atoms with E-state index in [1.807, 2.05) is 19.2 Å². The molecule has 13 heavy (non-hydrogen) atoms.